The van der Waals surface area contributed by atoms with Crippen LogP contribution in [0.1, 0.15) is 31.2 Å². The second-order valence-electron chi connectivity index (χ2n) is 7.01. The van der Waals surface area contributed by atoms with Gasteiger partial charge in [0, 0.05) is 30.4 Å². The molecule has 9 nitrogen and oxygen atoms in total. The zero-order chi connectivity index (χ0) is 20.8. The third-order valence-electron chi connectivity index (χ3n) is 4.10. The van der Waals surface area contributed by atoms with Gasteiger partial charge in [-0.05, 0) is 32.4 Å². The Kier molecular flexibility index (Phi) is 6.86. The first-order chi connectivity index (χ1) is 14.0. The third kappa shape index (κ3) is 5.57. The highest BCUT2D eigenvalue weighted by Crippen LogP contribution is 2.23. The predicted octanol–water partition coefficient (Wildman–Crippen LogP) is 1.94. The molecule has 0 saturated carbocycles. The summed E-state index contributed by atoms with van der Waals surface area (Å²) in [5, 5.41) is 29.1. The van der Waals surface area contributed by atoms with Crippen LogP contribution in [0.4, 0.5) is 5.95 Å². The van der Waals surface area contributed by atoms with E-state index in [1.165, 1.54) is 0 Å². The van der Waals surface area contributed by atoms with Gasteiger partial charge in [0.05, 0.1) is 12.7 Å². The maximum atomic E-state index is 10.2. The standard InChI is InChI=1S/C20H26N6O3/c1-12(2)22-20-23-13(3)10-16(24-20)19-25-18(26-29-19)15-6-4-14(5-7-15)17(28)11-21-8-9-27/h4-7,10,12,17,21,27-28H,8-9,11H2,1-3H3,(H,22,23,24). The molecule has 0 aliphatic carbocycles. The Morgan fingerprint density at radius 2 is 1.86 bits per heavy atom. The Labute approximate surface area is 169 Å². The van der Waals surface area contributed by atoms with E-state index in [1.54, 1.807) is 6.07 Å². The van der Waals surface area contributed by atoms with Gasteiger partial charge in [0.15, 0.2) is 0 Å². The fourth-order valence-corrected chi connectivity index (χ4v) is 2.74. The minimum absolute atomic E-state index is 0.0344. The van der Waals surface area contributed by atoms with E-state index in [4.69, 9.17) is 9.63 Å². The van der Waals surface area contributed by atoms with Crippen molar-refractivity contribution < 1.29 is 14.7 Å². The molecule has 1 unspecified atom stereocenters. The molecule has 2 heterocycles. The minimum atomic E-state index is -0.660. The van der Waals surface area contributed by atoms with Crippen LogP contribution in [0.3, 0.4) is 0 Å². The summed E-state index contributed by atoms with van der Waals surface area (Å²) in [5.74, 6) is 1.27. The number of rotatable bonds is 9. The Balaban J connectivity index is 1.75. The van der Waals surface area contributed by atoms with Gasteiger partial charge in [-0.25, -0.2) is 9.97 Å². The molecular weight excluding hydrogens is 372 g/mol. The zero-order valence-electron chi connectivity index (χ0n) is 16.8. The van der Waals surface area contributed by atoms with Crippen LogP contribution < -0.4 is 10.6 Å². The molecule has 0 fully saturated rings. The van der Waals surface area contributed by atoms with Crippen molar-refractivity contribution in [3.05, 3.63) is 41.6 Å². The topological polar surface area (TPSA) is 129 Å². The second-order valence-corrected chi connectivity index (χ2v) is 7.01. The maximum absolute atomic E-state index is 10.2. The van der Waals surface area contributed by atoms with Gasteiger partial charge < -0.3 is 25.4 Å². The van der Waals surface area contributed by atoms with E-state index in [0.717, 1.165) is 16.8 Å². The number of nitrogens with zero attached hydrogens (tertiary/aromatic N) is 4. The Morgan fingerprint density at radius 1 is 1.10 bits per heavy atom. The third-order valence-corrected chi connectivity index (χ3v) is 4.10. The summed E-state index contributed by atoms with van der Waals surface area (Å²) in [6.45, 7) is 6.75. The van der Waals surface area contributed by atoms with E-state index < -0.39 is 6.10 Å². The van der Waals surface area contributed by atoms with Gasteiger partial charge in [-0.15, -0.1) is 0 Å². The van der Waals surface area contributed by atoms with E-state index in [0.29, 0.717) is 36.4 Å². The normalized spacial score (nSPS) is 12.3. The van der Waals surface area contributed by atoms with Crippen LogP contribution in [-0.2, 0) is 0 Å². The first-order valence-electron chi connectivity index (χ1n) is 9.52. The van der Waals surface area contributed by atoms with Gasteiger partial charge in [0.1, 0.15) is 5.69 Å². The molecule has 0 radical (unpaired) electrons. The van der Waals surface area contributed by atoms with Crippen molar-refractivity contribution in [2.45, 2.75) is 32.9 Å². The van der Waals surface area contributed by atoms with Gasteiger partial charge in [0.25, 0.3) is 5.89 Å². The van der Waals surface area contributed by atoms with Crippen molar-refractivity contribution in [1.82, 2.24) is 25.4 Å². The van der Waals surface area contributed by atoms with Gasteiger partial charge >= 0.3 is 0 Å². The number of aryl methyl sites for hydroxylation is 1. The number of hydrogen-bond donors (Lipinski definition) is 4. The van der Waals surface area contributed by atoms with Gasteiger partial charge in [0.2, 0.25) is 11.8 Å². The highest BCUT2D eigenvalue weighted by Gasteiger charge is 2.15. The van der Waals surface area contributed by atoms with Crippen LogP contribution in [0.5, 0.6) is 0 Å². The summed E-state index contributed by atoms with van der Waals surface area (Å²) in [6, 6.07) is 9.29. The summed E-state index contributed by atoms with van der Waals surface area (Å²) < 4.78 is 5.40. The van der Waals surface area contributed by atoms with Gasteiger partial charge in [-0.2, -0.15) is 4.98 Å². The molecule has 0 amide bonds. The lowest BCUT2D eigenvalue weighted by molar-refractivity contribution is 0.171. The molecule has 0 saturated heterocycles. The monoisotopic (exact) mass is 398 g/mol. The fourth-order valence-electron chi connectivity index (χ4n) is 2.74. The molecule has 0 aliphatic heterocycles. The van der Waals surface area contributed by atoms with E-state index in [1.807, 2.05) is 45.0 Å². The molecular formula is C20H26N6O3. The van der Waals surface area contributed by atoms with E-state index in [-0.39, 0.29) is 12.6 Å². The van der Waals surface area contributed by atoms with Crippen LogP contribution in [0.2, 0.25) is 0 Å². The van der Waals surface area contributed by atoms with Crippen LogP contribution in [-0.4, -0.2) is 56.1 Å². The molecule has 1 aromatic carbocycles. The molecule has 1 atom stereocenters. The molecule has 2 aromatic heterocycles. The SMILES string of the molecule is Cc1cc(-c2nc(-c3ccc(C(O)CNCCO)cc3)no2)nc(NC(C)C)n1. The zero-order valence-corrected chi connectivity index (χ0v) is 16.8. The van der Waals surface area contributed by atoms with Crippen LogP contribution >= 0.6 is 0 Å². The van der Waals surface area contributed by atoms with E-state index >= 15 is 0 Å². The van der Waals surface area contributed by atoms with Gasteiger partial charge in [-0.1, -0.05) is 29.4 Å². The number of benzene rings is 1. The molecule has 9 heteroatoms. The summed E-state index contributed by atoms with van der Waals surface area (Å²) in [6.07, 6.45) is -0.660. The molecule has 0 bridgehead atoms. The van der Waals surface area contributed by atoms with E-state index in [9.17, 15) is 5.11 Å². The van der Waals surface area contributed by atoms with Crippen molar-refractivity contribution in [2.75, 3.05) is 25.0 Å². The van der Waals surface area contributed by atoms with Crippen molar-refractivity contribution in [1.29, 1.82) is 0 Å². The smallest absolute Gasteiger partial charge is 0.277 e. The first kappa shape index (κ1) is 20.8. The summed E-state index contributed by atoms with van der Waals surface area (Å²) in [7, 11) is 0. The first-order valence-corrected chi connectivity index (χ1v) is 9.52. The molecule has 3 aromatic rings. The number of nitrogens with one attached hydrogen (secondary N) is 2. The predicted molar refractivity (Wildman–Crippen MR) is 109 cm³/mol. The van der Waals surface area contributed by atoms with Crippen LogP contribution in [0, 0.1) is 6.92 Å². The maximum Gasteiger partial charge on any atom is 0.277 e. The molecule has 0 spiro atoms. The molecule has 29 heavy (non-hydrogen) atoms. The summed E-state index contributed by atoms with van der Waals surface area (Å²) in [5.41, 5.74) is 2.89. The molecule has 4 N–H and O–H groups in total. The number of anilines is 1. The Morgan fingerprint density at radius 3 is 2.55 bits per heavy atom. The van der Waals surface area contributed by atoms with Crippen LogP contribution in [0.25, 0.3) is 23.0 Å². The number of hydrogen-bond acceptors (Lipinski definition) is 9. The largest absolute Gasteiger partial charge is 0.395 e. The lowest BCUT2D eigenvalue weighted by atomic mass is 10.1. The highest BCUT2D eigenvalue weighted by atomic mass is 16.5. The van der Waals surface area contributed by atoms with Crippen molar-refractivity contribution in [3.63, 3.8) is 0 Å². The Hall–Kier alpha value is -2.88. The van der Waals surface area contributed by atoms with Crippen LogP contribution in [0.15, 0.2) is 34.9 Å². The molecule has 0 aliphatic rings. The van der Waals surface area contributed by atoms with Crippen molar-refractivity contribution in [2.24, 2.45) is 0 Å². The summed E-state index contributed by atoms with van der Waals surface area (Å²) in [4.78, 5) is 13.3. The highest BCUT2D eigenvalue weighted by molar-refractivity contribution is 5.59. The Bertz CT molecular complexity index is 926. The quantitative estimate of drug-likeness (QED) is 0.400. The van der Waals surface area contributed by atoms with Crippen molar-refractivity contribution >= 4 is 5.95 Å². The molecule has 3 rings (SSSR count). The van der Waals surface area contributed by atoms with Crippen molar-refractivity contribution in [3.8, 4) is 23.0 Å². The number of aromatic nitrogens is 4. The minimum Gasteiger partial charge on any atom is -0.395 e. The second kappa shape index (κ2) is 9.55. The van der Waals surface area contributed by atoms with E-state index in [2.05, 4.69) is 30.7 Å². The summed E-state index contributed by atoms with van der Waals surface area (Å²) >= 11 is 0. The average Bonchev–Trinajstić information content (AvgIpc) is 3.17. The average molecular weight is 398 g/mol. The lowest BCUT2D eigenvalue weighted by Gasteiger charge is -2.11. The molecule has 154 valence electrons. The number of aliphatic hydroxyl groups is 2. The fraction of sp³-hybridized carbons (Fsp3) is 0.400. The number of aliphatic hydroxyl groups excluding tert-OH is 2. The lowest BCUT2D eigenvalue weighted by Crippen LogP contribution is -2.24. The van der Waals surface area contributed by atoms with Gasteiger partial charge in [-0.3, -0.25) is 0 Å².